The number of hydrogen-bond donors (Lipinski definition) is 1. The first-order valence-electron chi connectivity index (χ1n) is 8.95. The molecule has 3 rings (SSSR count). The van der Waals surface area contributed by atoms with Crippen LogP contribution >= 0.6 is 0 Å². The van der Waals surface area contributed by atoms with Crippen molar-refractivity contribution in [3.63, 3.8) is 0 Å². The maximum Gasteiger partial charge on any atom is 0.243 e. The molecule has 138 valence electrons. The summed E-state index contributed by atoms with van der Waals surface area (Å²) in [6.45, 7) is 2.75. The van der Waals surface area contributed by atoms with Crippen LogP contribution in [0, 0.1) is 5.92 Å². The zero-order valence-electron chi connectivity index (χ0n) is 14.9. The van der Waals surface area contributed by atoms with E-state index in [1.807, 2.05) is 24.3 Å². The van der Waals surface area contributed by atoms with E-state index in [0.29, 0.717) is 19.4 Å². The van der Waals surface area contributed by atoms with Gasteiger partial charge in [-0.1, -0.05) is 37.3 Å². The highest BCUT2D eigenvalue weighted by Crippen LogP contribution is 2.24. The number of anilines is 1. The number of piperidine rings is 1. The van der Waals surface area contributed by atoms with Crippen molar-refractivity contribution >= 4 is 21.6 Å². The van der Waals surface area contributed by atoms with E-state index in [9.17, 15) is 13.2 Å². The van der Waals surface area contributed by atoms with Gasteiger partial charge in [0.25, 0.3) is 0 Å². The van der Waals surface area contributed by atoms with Crippen molar-refractivity contribution < 1.29 is 13.2 Å². The van der Waals surface area contributed by atoms with Crippen LogP contribution in [0.2, 0.25) is 0 Å². The summed E-state index contributed by atoms with van der Waals surface area (Å²) in [4.78, 5) is 12.9. The van der Waals surface area contributed by atoms with E-state index in [1.54, 1.807) is 30.3 Å². The van der Waals surface area contributed by atoms with Crippen molar-refractivity contribution in [3.05, 3.63) is 60.2 Å². The Kier molecular flexibility index (Phi) is 5.74. The summed E-state index contributed by atoms with van der Waals surface area (Å²) in [5.74, 6) is -0.463. The Bertz CT molecular complexity index is 848. The van der Waals surface area contributed by atoms with Crippen LogP contribution in [0.4, 0.5) is 5.69 Å². The summed E-state index contributed by atoms with van der Waals surface area (Å²) < 4.78 is 27.0. The first kappa shape index (κ1) is 18.6. The van der Waals surface area contributed by atoms with Crippen molar-refractivity contribution in [1.82, 2.24) is 4.31 Å². The van der Waals surface area contributed by atoms with Gasteiger partial charge in [0.05, 0.1) is 10.8 Å². The fraction of sp³-hybridized carbons (Fsp3) is 0.350. The standard InChI is InChI=1S/C20H24N2O3S/c1-2-16-10-12-18(13-11-16)21-20(23)17-7-6-14-22(15-17)26(24,25)19-8-4-3-5-9-19/h3-5,8-13,17H,2,6-7,14-15H2,1H3,(H,21,23)/t17-/m0/s1. The molecule has 0 unspecified atom stereocenters. The van der Waals surface area contributed by atoms with Crippen LogP contribution in [0.1, 0.15) is 25.3 Å². The predicted molar refractivity (Wildman–Crippen MR) is 102 cm³/mol. The zero-order valence-corrected chi connectivity index (χ0v) is 15.7. The predicted octanol–water partition coefficient (Wildman–Crippen LogP) is 3.29. The largest absolute Gasteiger partial charge is 0.326 e. The fourth-order valence-electron chi connectivity index (χ4n) is 3.18. The minimum Gasteiger partial charge on any atom is -0.326 e. The quantitative estimate of drug-likeness (QED) is 0.876. The maximum absolute atomic E-state index is 12.8. The molecule has 0 spiro atoms. The molecule has 0 saturated carbocycles. The summed E-state index contributed by atoms with van der Waals surface area (Å²) in [5.41, 5.74) is 1.95. The number of amides is 1. The van der Waals surface area contributed by atoms with Crippen molar-refractivity contribution in [2.24, 2.45) is 5.92 Å². The Labute approximate surface area is 155 Å². The molecule has 1 saturated heterocycles. The third-order valence-electron chi connectivity index (χ3n) is 4.77. The third-order valence-corrected chi connectivity index (χ3v) is 6.64. The highest BCUT2D eigenvalue weighted by Gasteiger charge is 2.33. The Morgan fingerprint density at radius 3 is 2.46 bits per heavy atom. The van der Waals surface area contributed by atoms with Crippen LogP contribution in [0.5, 0.6) is 0 Å². The molecule has 1 heterocycles. The lowest BCUT2D eigenvalue weighted by Crippen LogP contribution is -2.43. The summed E-state index contributed by atoms with van der Waals surface area (Å²) in [7, 11) is -3.56. The van der Waals surface area contributed by atoms with E-state index in [0.717, 1.165) is 12.1 Å². The lowest BCUT2D eigenvalue weighted by atomic mass is 9.98. The molecular formula is C20H24N2O3S. The van der Waals surface area contributed by atoms with E-state index in [-0.39, 0.29) is 23.3 Å². The van der Waals surface area contributed by atoms with Crippen molar-refractivity contribution in [2.75, 3.05) is 18.4 Å². The molecule has 0 radical (unpaired) electrons. The van der Waals surface area contributed by atoms with Gasteiger partial charge in [-0.2, -0.15) is 4.31 Å². The van der Waals surface area contributed by atoms with Gasteiger partial charge in [-0.15, -0.1) is 0 Å². The zero-order chi connectivity index (χ0) is 18.6. The number of carbonyl (C=O) groups excluding carboxylic acids is 1. The lowest BCUT2D eigenvalue weighted by Gasteiger charge is -2.31. The fourth-order valence-corrected chi connectivity index (χ4v) is 4.73. The van der Waals surface area contributed by atoms with Gasteiger partial charge in [-0.3, -0.25) is 4.79 Å². The molecule has 2 aromatic carbocycles. The van der Waals surface area contributed by atoms with Crippen LogP contribution in [0.15, 0.2) is 59.5 Å². The van der Waals surface area contributed by atoms with Gasteiger partial charge in [-0.05, 0) is 49.1 Å². The molecule has 26 heavy (non-hydrogen) atoms. The number of nitrogens with one attached hydrogen (secondary N) is 1. The van der Waals surface area contributed by atoms with Gasteiger partial charge in [0.15, 0.2) is 0 Å². The Morgan fingerprint density at radius 1 is 1.12 bits per heavy atom. The molecule has 1 aliphatic rings. The van der Waals surface area contributed by atoms with Crippen LogP contribution in [-0.2, 0) is 21.2 Å². The average Bonchev–Trinajstić information content (AvgIpc) is 2.69. The van der Waals surface area contributed by atoms with Crippen molar-refractivity contribution in [2.45, 2.75) is 31.1 Å². The lowest BCUT2D eigenvalue weighted by molar-refractivity contribution is -0.120. The maximum atomic E-state index is 12.8. The van der Waals surface area contributed by atoms with E-state index in [4.69, 9.17) is 0 Å². The molecule has 5 nitrogen and oxygen atoms in total. The molecule has 1 amide bonds. The highest BCUT2D eigenvalue weighted by molar-refractivity contribution is 7.89. The normalized spacial score (nSPS) is 18.4. The minimum absolute atomic E-state index is 0.123. The number of nitrogens with zero attached hydrogens (tertiary/aromatic N) is 1. The van der Waals surface area contributed by atoms with Crippen LogP contribution < -0.4 is 5.32 Å². The van der Waals surface area contributed by atoms with Gasteiger partial charge in [0.2, 0.25) is 15.9 Å². The van der Waals surface area contributed by atoms with Gasteiger partial charge in [0, 0.05) is 18.8 Å². The van der Waals surface area contributed by atoms with Crippen molar-refractivity contribution in [3.8, 4) is 0 Å². The molecular weight excluding hydrogens is 348 g/mol. The first-order valence-corrected chi connectivity index (χ1v) is 10.4. The Balaban J connectivity index is 1.68. The van der Waals surface area contributed by atoms with Crippen LogP contribution in [0.25, 0.3) is 0 Å². The summed E-state index contributed by atoms with van der Waals surface area (Å²) >= 11 is 0. The molecule has 2 aromatic rings. The summed E-state index contributed by atoms with van der Waals surface area (Å²) in [6.07, 6.45) is 2.32. The molecule has 1 atom stereocenters. The molecule has 1 N–H and O–H groups in total. The van der Waals surface area contributed by atoms with E-state index in [1.165, 1.54) is 9.87 Å². The second-order valence-electron chi connectivity index (χ2n) is 6.55. The number of sulfonamides is 1. The number of carbonyl (C=O) groups is 1. The molecule has 1 aliphatic heterocycles. The molecule has 0 aromatic heterocycles. The Morgan fingerprint density at radius 2 is 1.81 bits per heavy atom. The van der Waals surface area contributed by atoms with Crippen LogP contribution in [-0.4, -0.2) is 31.7 Å². The minimum atomic E-state index is -3.56. The molecule has 0 aliphatic carbocycles. The smallest absolute Gasteiger partial charge is 0.243 e. The highest BCUT2D eigenvalue weighted by atomic mass is 32.2. The Hall–Kier alpha value is -2.18. The van der Waals surface area contributed by atoms with Gasteiger partial charge < -0.3 is 5.32 Å². The summed E-state index contributed by atoms with van der Waals surface area (Å²) in [6, 6.07) is 16.1. The first-order chi connectivity index (χ1) is 12.5. The number of benzene rings is 2. The SMILES string of the molecule is CCc1ccc(NC(=O)[C@H]2CCCN(S(=O)(=O)c3ccccc3)C2)cc1. The van der Waals surface area contributed by atoms with Crippen molar-refractivity contribution in [1.29, 1.82) is 0 Å². The van der Waals surface area contributed by atoms with Gasteiger partial charge >= 0.3 is 0 Å². The summed E-state index contributed by atoms with van der Waals surface area (Å²) in [5, 5.41) is 2.91. The van der Waals surface area contributed by atoms with Gasteiger partial charge in [0.1, 0.15) is 0 Å². The second-order valence-corrected chi connectivity index (χ2v) is 8.49. The number of hydrogen-bond acceptors (Lipinski definition) is 3. The van der Waals surface area contributed by atoms with Gasteiger partial charge in [-0.25, -0.2) is 8.42 Å². The van der Waals surface area contributed by atoms with Crippen LogP contribution in [0.3, 0.4) is 0 Å². The van der Waals surface area contributed by atoms with E-state index >= 15 is 0 Å². The number of rotatable bonds is 5. The third kappa shape index (κ3) is 4.14. The average molecular weight is 372 g/mol. The molecule has 1 fully saturated rings. The number of aryl methyl sites for hydroxylation is 1. The molecule has 6 heteroatoms. The topological polar surface area (TPSA) is 66.5 Å². The van der Waals surface area contributed by atoms with E-state index < -0.39 is 10.0 Å². The monoisotopic (exact) mass is 372 g/mol. The molecule has 0 bridgehead atoms. The second kappa shape index (κ2) is 8.01. The van der Waals surface area contributed by atoms with E-state index in [2.05, 4.69) is 12.2 Å².